The summed E-state index contributed by atoms with van der Waals surface area (Å²) in [5, 5.41) is 12.6. The van der Waals surface area contributed by atoms with Crippen LogP contribution in [0.2, 0.25) is 0 Å². The van der Waals surface area contributed by atoms with E-state index in [0.717, 1.165) is 24.2 Å². The molecule has 3 rings (SSSR count). The van der Waals surface area contributed by atoms with E-state index in [1.165, 1.54) is 20.0 Å². The zero-order chi connectivity index (χ0) is 12.7. The van der Waals surface area contributed by atoms with Gasteiger partial charge in [-0.15, -0.1) is 0 Å². The minimum atomic E-state index is -1.04. The predicted octanol–water partition coefficient (Wildman–Crippen LogP) is 2.24. The molecule has 0 aromatic carbocycles. The zero-order valence-electron chi connectivity index (χ0n) is 10.3. The van der Waals surface area contributed by atoms with Crippen LogP contribution in [0.1, 0.15) is 47.8 Å². The van der Waals surface area contributed by atoms with Gasteiger partial charge >= 0.3 is 5.97 Å². The Labute approximate surface area is 105 Å². The molecule has 0 aliphatic heterocycles. The van der Waals surface area contributed by atoms with Crippen molar-refractivity contribution in [3.8, 4) is 5.75 Å². The second-order valence-corrected chi connectivity index (χ2v) is 4.97. The van der Waals surface area contributed by atoms with Crippen LogP contribution in [0.25, 0.3) is 0 Å². The summed E-state index contributed by atoms with van der Waals surface area (Å²) in [6.07, 6.45) is 4.54. The number of methoxy groups -OCH3 is 1. The SMILES string of the molecule is COc1cc(NC2CC2)c(C2CC2)nc1C(=O)O. The Morgan fingerprint density at radius 2 is 2.17 bits per heavy atom. The first-order valence-electron chi connectivity index (χ1n) is 6.28. The first-order chi connectivity index (χ1) is 8.69. The van der Waals surface area contributed by atoms with Gasteiger partial charge in [-0.2, -0.15) is 0 Å². The maximum atomic E-state index is 11.2. The summed E-state index contributed by atoms with van der Waals surface area (Å²) in [5.74, 6) is -0.294. The van der Waals surface area contributed by atoms with E-state index in [4.69, 9.17) is 9.84 Å². The lowest BCUT2D eigenvalue weighted by molar-refractivity contribution is 0.0686. The predicted molar refractivity (Wildman–Crippen MR) is 66.4 cm³/mol. The number of nitrogens with one attached hydrogen (secondary N) is 1. The highest BCUT2D eigenvalue weighted by molar-refractivity contribution is 5.89. The Hall–Kier alpha value is -1.78. The number of ether oxygens (including phenoxy) is 1. The van der Waals surface area contributed by atoms with Crippen LogP contribution in [-0.2, 0) is 0 Å². The van der Waals surface area contributed by atoms with Gasteiger partial charge < -0.3 is 15.2 Å². The fourth-order valence-corrected chi connectivity index (χ4v) is 2.05. The monoisotopic (exact) mass is 248 g/mol. The van der Waals surface area contributed by atoms with Crippen LogP contribution in [0, 0.1) is 0 Å². The maximum absolute atomic E-state index is 11.2. The van der Waals surface area contributed by atoms with Gasteiger partial charge in [0.1, 0.15) is 0 Å². The fraction of sp³-hybridized carbons (Fsp3) is 0.538. The first-order valence-corrected chi connectivity index (χ1v) is 6.28. The quantitative estimate of drug-likeness (QED) is 0.836. The van der Waals surface area contributed by atoms with Crippen LogP contribution in [0.15, 0.2) is 6.07 Å². The second kappa shape index (κ2) is 4.15. The Balaban J connectivity index is 2.02. The van der Waals surface area contributed by atoms with Crippen molar-refractivity contribution in [2.75, 3.05) is 12.4 Å². The van der Waals surface area contributed by atoms with Gasteiger partial charge in [0.15, 0.2) is 11.4 Å². The van der Waals surface area contributed by atoms with Crippen molar-refractivity contribution in [2.45, 2.75) is 37.6 Å². The van der Waals surface area contributed by atoms with Crippen LogP contribution in [-0.4, -0.2) is 29.2 Å². The smallest absolute Gasteiger partial charge is 0.358 e. The van der Waals surface area contributed by atoms with Gasteiger partial charge in [-0.1, -0.05) is 0 Å². The van der Waals surface area contributed by atoms with Crippen LogP contribution < -0.4 is 10.1 Å². The number of rotatable bonds is 5. The first kappa shape index (κ1) is 11.3. The number of nitrogens with zero attached hydrogens (tertiary/aromatic N) is 1. The van der Waals surface area contributed by atoms with Crippen LogP contribution in [0.3, 0.4) is 0 Å². The van der Waals surface area contributed by atoms with Gasteiger partial charge in [-0.3, -0.25) is 0 Å². The molecule has 0 amide bonds. The van der Waals surface area contributed by atoms with E-state index in [2.05, 4.69) is 10.3 Å². The minimum absolute atomic E-state index is 0.0146. The van der Waals surface area contributed by atoms with Crippen molar-refractivity contribution in [3.05, 3.63) is 17.5 Å². The highest BCUT2D eigenvalue weighted by Gasteiger charge is 2.32. The lowest BCUT2D eigenvalue weighted by Crippen LogP contribution is -2.11. The Morgan fingerprint density at radius 1 is 1.44 bits per heavy atom. The largest absolute Gasteiger partial charge is 0.494 e. The summed E-state index contributed by atoms with van der Waals surface area (Å²) >= 11 is 0. The van der Waals surface area contributed by atoms with E-state index < -0.39 is 5.97 Å². The summed E-state index contributed by atoms with van der Waals surface area (Å²) in [4.78, 5) is 15.5. The van der Waals surface area contributed by atoms with Crippen molar-refractivity contribution >= 4 is 11.7 Å². The molecule has 0 bridgehead atoms. The van der Waals surface area contributed by atoms with Crippen molar-refractivity contribution in [2.24, 2.45) is 0 Å². The zero-order valence-corrected chi connectivity index (χ0v) is 10.3. The normalized spacial score (nSPS) is 18.5. The lowest BCUT2D eigenvalue weighted by Gasteiger charge is -2.13. The molecule has 2 aliphatic rings. The minimum Gasteiger partial charge on any atom is -0.494 e. The average molecular weight is 248 g/mol. The number of aromatic carboxylic acids is 1. The van der Waals surface area contributed by atoms with Gasteiger partial charge in [0, 0.05) is 18.0 Å². The van der Waals surface area contributed by atoms with Crippen LogP contribution in [0.5, 0.6) is 5.75 Å². The highest BCUT2D eigenvalue weighted by atomic mass is 16.5. The molecule has 0 saturated heterocycles. The number of aromatic nitrogens is 1. The van der Waals surface area contributed by atoms with Gasteiger partial charge in [0.25, 0.3) is 0 Å². The molecule has 2 aliphatic carbocycles. The number of carbonyl (C=O) groups is 1. The number of carboxylic acids is 1. The van der Waals surface area contributed by atoms with Gasteiger partial charge in [-0.05, 0) is 25.7 Å². The number of anilines is 1. The van der Waals surface area contributed by atoms with Gasteiger partial charge in [0.2, 0.25) is 0 Å². The Bertz CT molecular complexity index is 493. The Kier molecular flexibility index (Phi) is 2.61. The van der Waals surface area contributed by atoms with Gasteiger partial charge in [-0.25, -0.2) is 9.78 Å². The second-order valence-electron chi connectivity index (χ2n) is 4.97. The van der Waals surface area contributed by atoms with Gasteiger partial charge in [0.05, 0.1) is 18.5 Å². The Morgan fingerprint density at radius 3 is 2.67 bits per heavy atom. The number of pyridine rings is 1. The molecular formula is C13H16N2O3. The van der Waals surface area contributed by atoms with E-state index in [1.54, 1.807) is 6.07 Å². The van der Waals surface area contributed by atoms with E-state index in [1.807, 2.05) is 0 Å². The number of hydrogen-bond donors (Lipinski definition) is 2. The molecule has 96 valence electrons. The average Bonchev–Trinajstić information content (AvgIpc) is 3.21. The van der Waals surface area contributed by atoms with Crippen molar-refractivity contribution in [3.63, 3.8) is 0 Å². The van der Waals surface area contributed by atoms with Crippen molar-refractivity contribution in [1.29, 1.82) is 0 Å². The van der Waals surface area contributed by atoms with E-state index in [-0.39, 0.29) is 5.69 Å². The molecule has 18 heavy (non-hydrogen) atoms. The molecule has 2 fully saturated rings. The third kappa shape index (κ3) is 2.12. The summed E-state index contributed by atoms with van der Waals surface area (Å²) in [5.41, 5.74) is 1.85. The van der Waals surface area contributed by atoms with E-state index in [0.29, 0.717) is 17.7 Å². The van der Waals surface area contributed by atoms with E-state index in [9.17, 15) is 4.79 Å². The fourth-order valence-electron chi connectivity index (χ4n) is 2.05. The summed E-state index contributed by atoms with van der Waals surface area (Å²) in [6.45, 7) is 0. The molecule has 5 nitrogen and oxygen atoms in total. The maximum Gasteiger partial charge on any atom is 0.358 e. The third-order valence-corrected chi connectivity index (χ3v) is 3.34. The molecule has 0 unspecified atom stereocenters. The topological polar surface area (TPSA) is 71.5 Å². The molecule has 0 atom stereocenters. The molecular weight excluding hydrogens is 232 g/mol. The van der Waals surface area contributed by atoms with Crippen LogP contribution in [0.4, 0.5) is 5.69 Å². The highest BCUT2D eigenvalue weighted by Crippen LogP contribution is 2.44. The molecule has 2 N–H and O–H groups in total. The lowest BCUT2D eigenvalue weighted by atomic mass is 10.1. The van der Waals surface area contributed by atoms with Crippen molar-refractivity contribution < 1.29 is 14.6 Å². The molecule has 1 aromatic heterocycles. The summed E-state index contributed by atoms with van der Waals surface area (Å²) in [6, 6.07) is 2.30. The van der Waals surface area contributed by atoms with Crippen LogP contribution >= 0.6 is 0 Å². The molecule has 2 saturated carbocycles. The molecule has 0 spiro atoms. The molecule has 0 radical (unpaired) electrons. The summed E-state index contributed by atoms with van der Waals surface area (Å²) in [7, 11) is 1.47. The molecule has 5 heteroatoms. The molecule has 1 heterocycles. The van der Waals surface area contributed by atoms with E-state index >= 15 is 0 Å². The third-order valence-electron chi connectivity index (χ3n) is 3.34. The number of carboxylic acid groups (broad SMARTS) is 1. The number of hydrogen-bond acceptors (Lipinski definition) is 4. The summed E-state index contributed by atoms with van der Waals surface area (Å²) < 4.78 is 5.12. The molecule has 1 aromatic rings. The standard InChI is InChI=1S/C13H16N2O3/c1-18-10-6-9(14-8-4-5-8)11(7-2-3-7)15-12(10)13(16)17/h6-8,14H,2-5H2,1H3,(H,16,17). The van der Waals surface area contributed by atoms with Crippen molar-refractivity contribution in [1.82, 2.24) is 4.98 Å².